The summed E-state index contributed by atoms with van der Waals surface area (Å²) in [5.74, 6) is -1.21. The van der Waals surface area contributed by atoms with Crippen molar-refractivity contribution in [3.63, 3.8) is 0 Å². The minimum atomic E-state index is -0.922. The molecule has 2 amide bonds. The van der Waals surface area contributed by atoms with Gasteiger partial charge in [-0.3, -0.25) is 14.5 Å². The number of nitrogens with zero attached hydrogens (tertiary/aromatic N) is 2. The van der Waals surface area contributed by atoms with Crippen LogP contribution in [-0.4, -0.2) is 33.7 Å². The Hall–Kier alpha value is -2.24. The molecular formula is C12H12N2O4. The van der Waals surface area contributed by atoms with Crippen LogP contribution in [0.3, 0.4) is 0 Å². The summed E-state index contributed by atoms with van der Waals surface area (Å²) in [6.07, 6.45) is 1.79. The molecule has 0 radical (unpaired) electrons. The molecule has 0 saturated carbocycles. The third kappa shape index (κ3) is 2.37. The number of carbonyl (C=O) groups is 3. The van der Waals surface area contributed by atoms with Gasteiger partial charge in [-0.25, -0.2) is 9.78 Å². The fourth-order valence-electron chi connectivity index (χ4n) is 1.73. The van der Waals surface area contributed by atoms with E-state index in [4.69, 9.17) is 4.74 Å². The van der Waals surface area contributed by atoms with Crippen molar-refractivity contribution < 1.29 is 19.1 Å². The molecule has 0 N–H and O–H groups in total. The zero-order valence-corrected chi connectivity index (χ0v) is 9.83. The van der Waals surface area contributed by atoms with Gasteiger partial charge in [-0.15, -0.1) is 0 Å². The maximum Gasteiger partial charge on any atom is 0.335 e. The molecule has 1 saturated heterocycles. The van der Waals surface area contributed by atoms with Crippen LogP contribution in [0.4, 0.5) is 0 Å². The van der Waals surface area contributed by atoms with Gasteiger partial charge in [0.25, 0.3) is 0 Å². The maximum atomic E-state index is 11.8. The molecule has 1 unspecified atom stereocenters. The Kier molecular flexibility index (Phi) is 3.36. The van der Waals surface area contributed by atoms with Gasteiger partial charge in [0, 0.05) is 25.1 Å². The van der Waals surface area contributed by atoms with Gasteiger partial charge in [0.15, 0.2) is 0 Å². The third-order valence-electron chi connectivity index (χ3n) is 2.66. The van der Waals surface area contributed by atoms with Crippen molar-refractivity contribution in [2.24, 2.45) is 0 Å². The molecule has 2 rings (SSSR count). The second-order valence-corrected chi connectivity index (χ2v) is 3.92. The molecule has 0 bridgehead atoms. The highest BCUT2D eigenvalue weighted by molar-refractivity contribution is 6.05. The molecule has 0 aromatic carbocycles. The van der Waals surface area contributed by atoms with Crippen molar-refractivity contribution in [2.45, 2.75) is 25.8 Å². The number of ether oxygens (including phenoxy) is 1. The first kappa shape index (κ1) is 12.2. The zero-order chi connectivity index (χ0) is 13.1. The van der Waals surface area contributed by atoms with Crippen molar-refractivity contribution in [1.82, 2.24) is 9.88 Å². The number of hydrogen-bond donors (Lipinski definition) is 0. The quantitative estimate of drug-likeness (QED) is 0.576. The number of esters is 1. The standard InChI is InChI=1S/C12H12N2O4/c1-8(14-10(15)5-6-11(14)16)12(17)18-9-4-2-3-7-13-9/h2-4,7-8H,5-6H2,1H3. The van der Waals surface area contributed by atoms with Crippen molar-refractivity contribution in [2.75, 3.05) is 0 Å². The second-order valence-electron chi connectivity index (χ2n) is 3.92. The number of amides is 2. The molecule has 1 aromatic heterocycles. The molecule has 18 heavy (non-hydrogen) atoms. The van der Waals surface area contributed by atoms with E-state index in [-0.39, 0.29) is 30.5 Å². The molecule has 0 spiro atoms. The summed E-state index contributed by atoms with van der Waals surface area (Å²) >= 11 is 0. The average Bonchev–Trinajstić information content (AvgIpc) is 2.69. The SMILES string of the molecule is CC(C(=O)Oc1ccccn1)N1C(=O)CCC1=O. The summed E-state index contributed by atoms with van der Waals surface area (Å²) in [7, 11) is 0. The van der Waals surface area contributed by atoms with Crippen LogP contribution in [0.25, 0.3) is 0 Å². The second kappa shape index (κ2) is 4.95. The lowest BCUT2D eigenvalue weighted by atomic mass is 10.3. The number of pyridine rings is 1. The van der Waals surface area contributed by atoms with Crippen LogP contribution in [0.2, 0.25) is 0 Å². The van der Waals surface area contributed by atoms with Crippen LogP contribution in [0.5, 0.6) is 5.88 Å². The molecule has 0 aliphatic carbocycles. The van der Waals surface area contributed by atoms with Crippen molar-refractivity contribution in [1.29, 1.82) is 0 Å². The van der Waals surface area contributed by atoms with Gasteiger partial charge in [0.1, 0.15) is 6.04 Å². The summed E-state index contributed by atoms with van der Waals surface area (Å²) in [5.41, 5.74) is 0. The summed E-state index contributed by atoms with van der Waals surface area (Å²) < 4.78 is 4.99. The van der Waals surface area contributed by atoms with Gasteiger partial charge < -0.3 is 4.74 Å². The van der Waals surface area contributed by atoms with E-state index in [0.29, 0.717) is 0 Å². The lowest BCUT2D eigenvalue weighted by Gasteiger charge is -2.20. The van der Waals surface area contributed by atoms with Crippen LogP contribution in [0, 0.1) is 0 Å². The predicted molar refractivity (Wildman–Crippen MR) is 60.4 cm³/mol. The van der Waals surface area contributed by atoms with Gasteiger partial charge in [-0.05, 0) is 13.0 Å². The predicted octanol–water partition coefficient (Wildman–Crippen LogP) is 0.524. The van der Waals surface area contributed by atoms with Gasteiger partial charge in [-0.2, -0.15) is 0 Å². The highest BCUT2D eigenvalue weighted by Crippen LogP contribution is 2.16. The van der Waals surface area contributed by atoms with Crippen LogP contribution < -0.4 is 4.74 Å². The van der Waals surface area contributed by atoms with E-state index in [2.05, 4.69) is 4.98 Å². The largest absolute Gasteiger partial charge is 0.406 e. The van der Waals surface area contributed by atoms with Gasteiger partial charge >= 0.3 is 5.97 Å². The van der Waals surface area contributed by atoms with E-state index in [1.54, 1.807) is 12.1 Å². The van der Waals surface area contributed by atoms with Crippen molar-refractivity contribution >= 4 is 17.8 Å². The molecule has 94 valence electrons. The zero-order valence-electron chi connectivity index (χ0n) is 9.83. The number of rotatable bonds is 3. The number of aromatic nitrogens is 1. The number of carbonyl (C=O) groups excluding carboxylic acids is 3. The lowest BCUT2D eigenvalue weighted by molar-refractivity contribution is -0.151. The molecular weight excluding hydrogens is 236 g/mol. The summed E-state index contributed by atoms with van der Waals surface area (Å²) in [5, 5.41) is 0. The van der Waals surface area contributed by atoms with Crippen molar-refractivity contribution in [3.8, 4) is 5.88 Å². The van der Waals surface area contributed by atoms with Crippen LogP contribution in [0.1, 0.15) is 19.8 Å². The van der Waals surface area contributed by atoms with E-state index in [0.717, 1.165) is 4.90 Å². The van der Waals surface area contributed by atoms with Gasteiger partial charge in [0.05, 0.1) is 0 Å². The summed E-state index contributed by atoms with van der Waals surface area (Å²) in [6, 6.07) is 3.97. The Labute approximate surface area is 104 Å². The van der Waals surface area contributed by atoms with E-state index < -0.39 is 12.0 Å². The first-order valence-corrected chi connectivity index (χ1v) is 5.57. The molecule has 1 atom stereocenters. The Morgan fingerprint density at radius 3 is 2.56 bits per heavy atom. The average molecular weight is 248 g/mol. The number of imide groups is 1. The Morgan fingerprint density at radius 2 is 2.00 bits per heavy atom. The van der Waals surface area contributed by atoms with E-state index in [9.17, 15) is 14.4 Å². The van der Waals surface area contributed by atoms with E-state index >= 15 is 0 Å². The van der Waals surface area contributed by atoms with E-state index in [1.165, 1.54) is 19.2 Å². The maximum absolute atomic E-state index is 11.8. The summed E-state index contributed by atoms with van der Waals surface area (Å²) in [4.78, 5) is 39.5. The van der Waals surface area contributed by atoms with E-state index in [1.807, 2.05) is 0 Å². The molecule has 1 aromatic rings. The fraction of sp³-hybridized carbons (Fsp3) is 0.333. The fourth-order valence-corrected chi connectivity index (χ4v) is 1.73. The highest BCUT2D eigenvalue weighted by atomic mass is 16.5. The molecule has 2 heterocycles. The van der Waals surface area contributed by atoms with Crippen LogP contribution in [-0.2, 0) is 14.4 Å². The highest BCUT2D eigenvalue weighted by Gasteiger charge is 2.37. The minimum Gasteiger partial charge on any atom is -0.406 e. The monoisotopic (exact) mass is 248 g/mol. The third-order valence-corrected chi connectivity index (χ3v) is 2.66. The summed E-state index contributed by atoms with van der Waals surface area (Å²) in [6.45, 7) is 1.46. The Morgan fingerprint density at radius 1 is 1.33 bits per heavy atom. The van der Waals surface area contributed by atoms with Gasteiger partial charge in [0.2, 0.25) is 17.7 Å². The first-order valence-electron chi connectivity index (χ1n) is 5.57. The number of hydrogen-bond acceptors (Lipinski definition) is 5. The van der Waals surface area contributed by atoms with Crippen molar-refractivity contribution in [3.05, 3.63) is 24.4 Å². The molecule has 1 fully saturated rings. The molecule has 1 aliphatic rings. The Balaban J connectivity index is 2.05. The Bertz CT molecular complexity index is 470. The minimum absolute atomic E-state index is 0.147. The molecule has 6 nitrogen and oxygen atoms in total. The number of likely N-dealkylation sites (tertiary alicyclic amines) is 1. The smallest absolute Gasteiger partial charge is 0.335 e. The normalized spacial score (nSPS) is 16.8. The molecule has 6 heteroatoms. The lowest BCUT2D eigenvalue weighted by Crippen LogP contribution is -2.44. The topological polar surface area (TPSA) is 76.6 Å². The molecule has 1 aliphatic heterocycles. The van der Waals surface area contributed by atoms with Crippen LogP contribution in [0.15, 0.2) is 24.4 Å². The van der Waals surface area contributed by atoms with Crippen LogP contribution >= 0.6 is 0 Å². The van der Waals surface area contributed by atoms with Gasteiger partial charge in [-0.1, -0.05) is 6.07 Å². The first-order chi connectivity index (χ1) is 8.59.